The van der Waals surface area contributed by atoms with E-state index >= 15 is 0 Å². The molecule has 0 aliphatic carbocycles. The number of nitrogens with one attached hydrogen (secondary N) is 1. The third-order valence-electron chi connectivity index (χ3n) is 4.41. The molecule has 0 aromatic heterocycles. The van der Waals surface area contributed by atoms with E-state index in [2.05, 4.69) is 10.4 Å². The molecule has 0 saturated carbocycles. The van der Waals surface area contributed by atoms with Crippen molar-refractivity contribution in [2.24, 2.45) is 5.10 Å². The van der Waals surface area contributed by atoms with E-state index in [1.54, 1.807) is 30.3 Å². The number of hydrogen-bond donors (Lipinski definition) is 2. The molecule has 0 saturated heterocycles. The Morgan fingerprint density at radius 2 is 1.76 bits per heavy atom. The second-order valence-corrected chi connectivity index (χ2v) is 6.66. The quantitative estimate of drug-likeness (QED) is 0.820. The maximum atomic E-state index is 13.6. The van der Waals surface area contributed by atoms with Crippen LogP contribution >= 0.6 is 0 Å². The molecule has 2 aromatic rings. The van der Waals surface area contributed by atoms with Gasteiger partial charge in [0.15, 0.2) is 0 Å². The Balaban J connectivity index is 1.90. The maximum absolute atomic E-state index is 13.6. The maximum Gasteiger partial charge on any atom is 0.438 e. The first-order chi connectivity index (χ1) is 13.6. The van der Waals surface area contributed by atoms with Crippen molar-refractivity contribution in [3.8, 4) is 0 Å². The Labute approximate surface area is 164 Å². The van der Waals surface area contributed by atoms with Crippen LogP contribution in [0.3, 0.4) is 0 Å². The van der Waals surface area contributed by atoms with Gasteiger partial charge >= 0.3 is 6.18 Å². The lowest BCUT2D eigenvalue weighted by atomic mass is 10.00. The van der Waals surface area contributed by atoms with Gasteiger partial charge < -0.3 is 10.4 Å². The summed E-state index contributed by atoms with van der Waals surface area (Å²) in [7, 11) is 0. The number of carbonyl (C=O) groups is 2. The Hall–Kier alpha value is -3.20. The minimum Gasteiger partial charge on any atom is -0.362 e. The van der Waals surface area contributed by atoms with Crippen LogP contribution < -0.4 is 5.32 Å². The second-order valence-electron chi connectivity index (χ2n) is 6.66. The average Bonchev–Trinajstić information content (AvgIpc) is 3.02. The molecule has 29 heavy (non-hydrogen) atoms. The molecule has 1 unspecified atom stereocenters. The normalized spacial score (nSPS) is 19.1. The van der Waals surface area contributed by atoms with E-state index in [-0.39, 0.29) is 23.0 Å². The standard InChI is InChI=1S/C20H18F3N3O3/c1-13(27)24-16-9-7-15(8-10-16)17-12-19(29,20(21,22)23)26(25-17)18(28)11-14-5-3-2-4-6-14/h2-10,29H,11-12H2,1H3,(H,24,27). The number of rotatable bonds is 4. The van der Waals surface area contributed by atoms with E-state index in [0.29, 0.717) is 16.8 Å². The summed E-state index contributed by atoms with van der Waals surface area (Å²) in [5.74, 6) is -1.26. The molecule has 0 spiro atoms. The zero-order valence-electron chi connectivity index (χ0n) is 15.4. The summed E-state index contributed by atoms with van der Waals surface area (Å²) in [6.45, 7) is 1.33. The summed E-state index contributed by atoms with van der Waals surface area (Å²) in [5.41, 5.74) is -2.24. The van der Waals surface area contributed by atoms with Gasteiger partial charge in [0.25, 0.3) is 5.72 Å². The van der Waals surface area contributed by atoms with Crippen molar-refractivity contribution in [1.29, 1.82) is 0 Å². The number of hydrazone groups is 1. The summed E-state index contributed by atoms with van der Waals surface area (Å²) < 4.78 is 40.9. The Morgan fingerprint density at radius 1 is 1.14 bits per heavy atom. The van der Waals surface area contributed by atoms with Crippen LogP contribution in [-0.4, -0.2) is 39.5 Å². The number of carbonyl (C=O) groups excluding carboxylic acids is 2. The van der Waals surface area contributed by atoms with Gasteiger partial charge in [-0.3, -0.25) is 9.59 Å². The molecule has 2 N–H and O–H groups in total. The summed E-state index contributed by atoms with van der Waals surface area (Å²) >= 11 is 0. The van der Waals surface area contributed by atoms with Gasteiger partial charge in [-0.05, 0) is 23.3 Å². The van der Waals surface area contributed by atoms with Gasteiger partial charge in [0.2, 0.25) is 11.8 Å². The monoisotopic (exact) mass is 405 g/mol. The van der Waals surface area contributed by atoms with E-state index in [4.69, 9.17) is 0 Å². The number of hydrogen-bond acceptors (Lipinski definition) is 4. The van der Waals surface area contributed by atoms with Crippen molar-refractivity contribution in [2.45, 2.75) is 31.7 Å². The molecule has 0 fully saturated rings. The highest BCUT2D eigenvalue weighted by Crippen LogP contribution is 2.41. The summed E-state index contributed by atoms with van der Waals surface area (Å²) in [6, 6.07) is 14.2. The smallest absolute Gasteiger partial charge is 0.362 e. The summed E-state index contributed by atoms with van der Waals surface area (Å²) in [4.78, 5) is 23.6. The van der Waals surface area contributed by atoms with Crippen LogP contribution in [0, 0.1) is 0 Å². The summed E-state index contributed by atoms with van der Waals surface area (Å²) in [6.07, 6.45) is -6.32. The fraction of sp³-hybridized carbons (Fsp3) is 0.250. The molecule has 6 nitrogen and oxygen atoms in total. The van der Waals surface area contributed by atoms with Crippen molar-refractivity contribution in [3.63, 3.8) is 0 Å². The van der Waals surface area contributed by atoms with Gasteiger partial charge in [-0.15, -0.1) is 0 Å². The molecule has 0 radical (unpaired) electrons. The Bertz CT molecular complexity index is 943. The topological polar surface area (TPSA) is 82.0 Å². The number of anilines is 1. The van der Waals surface area contributed by atoms with Crippen LogP contribution in [0.4, 0.5) is 18.9 Å². The van der Waals surface area contributed by atoms with Gasteiger partial charge in [-0.25, -0.2) is 0 Å². The minimum absolute atomic E-state index is 0.0828. The first kappa shape index (κ1) is 20.5. The van der Waals surface area contributed by atoms with Crippen LogP contribution in [0.2, 0.25) is 0 Å². The Kier molecular flexibility index (Phi) is 5.43. The van der Waals surface area contributed by atoms with Crippen LogP contribution in [0.1, 0.15) is 24.5 Å². The van der Waals surface area contributed by atoms with Crippen molar-refractivity contribution in [3.05, 3.63) is 65.7 Å². The number of halogens is 3. The van der Waals surface area contributed by atoms with E-state index in [0.717, 1.165) is 0 Å². The van der Waals surface area contributed by atoms with Crippen LogP contribution in [0.5, 0.6) is 0 Å². The van der Waals surface area contributed by atoms with Crippen molar-refractivity contribution < 1.29 is 27.9 Å². The van der Waals surface area contributed by atoms with Crippen LogP contribution in [0.25, 0.3) is 0 Å². The van der Waals surface area contributed by atoms with E-state index in [1.165, 1.54) is 31.2 Å². The predicted octanol–water partition coefficient (Wildman–Crippen LogP) is 3.08. The van der Waals surface area contributed by atoms with Gasteiger partial charge in [0.1, 0.15) is 0 Å². The fourth-order valence-electron chi connectivity index (χ4n) is 2.98. The molecule has 2 amide bonds. The minimum atomic E-state index is -5.10. The number of benzene rings is 2. The van der Waals surface area contributed by atoms with Gasteiger partial charge in [0, 0.05) is 12.6 Å². The first-order valence-electron chi connectivity index (χ1n) is 8.72. The van der Waals surface area contributed by atoms with Crippen LogP contribution in [-0.2, 0) is 16.0 Å². The molecule has 0 bridgehead atoms. The van der Waals surface area contributed by atoms with Gasteiger partial charge in [-0.1, -0.05) is 42.5 Å². The molecule has 9 heteroatoms. The van der Waals surface area contributed by atoms with Crippen molar-refractivity contribution in [1.82, 2.24) is 5.01 Å². The highest BCUT2D eigenvalue weighted by atomic mass is 19.4. The SMILES string of the molecule is CC(=O)Nc1ccc(C2=NN(C(=O)Cc3ccccc3)C(O)(C(F)(F)F)C2)cc1. The molecule has 2 aromatic carbocycles. The van der Waals surface area contributed by atoms with E-state index in [1.807, 2.05) is 0 Å². The van der Waals surface area contributed by atoms with Crippen molar-refractivity contribution >= 4 is 23.2 Å². The fourth-order valence-corrected chi connectivity index (χ4v) is 2.98. The van der Waals surface area contributed by atoms with Gasteiger partial charge in [-0.2, -0.15) is 23.3 Å². The summed E-state index contributed by atoms with van der Waals surface area (Å²) in [5, 5.41) is 16.8. The lowest BCUT2D eigenvalue weighted by Crippen LogP contribution is -2.57. The molecule has 1 atom stereocenters. The molecule has 1 aliphatic heterocycles. The largest absolute Gasteiger partial charge is 0.438 e. The number of alkyl halides is 3. The number of amides is 2. The first-order valence-corrected chi connectivity index (χ1v) is 8.72. The number of nitrogens with zero attached hydrogens (tertiary/aromatic N) is 2. The van der Waals surface area contributed by atoms with Gasteiger partial charge in [0.05, 0.1) is 18.6 Å². The third kappa shape index (κ3) is 4.29. The van der Waals surface area contributed by atoms with Crippen molar-refractivity contribution in [2.75, 3.05) is 5.32 Å². The average molecular weight is 405 g/mol. The highest BCUT2D eigenvalue weighted by molar-refractivity contribution is 6.04. The molecule has 1 heterocycles. The molecule has 152 valence electrons. The second kappa shape index (κ2) is 7.67. The Morgan fingerprint density at radius 3 is 2.31 bits per heavy atom. The number of aliphatic hydroxyl groups is 1. The highest BCUT2D eigenvalue weighted by Gasteiger charge is 2.63. The zero-order chi connectivity index (χ0) is 21.2. The van der Waals surface area contributed by atoms with E-state index in [9.17, 15) is 27.9 Å². The predicted molar refractivity (Wildman–Crippen MR) is 99.9 cm³/mol. The van der Waals surface area contributed by atoms with E-state index < -0.39 is 24.2 Å². The van der Waals surface area contributed by atoms with Crippen LogP contribution in [0.15, 0.2) is 59.7 Å². The lowest BCUT2D eigenvalue weighted by molar-refractivity contribution is -0.302. The molecule has 3 rings (SSSR count). The zero-order valence-corrected chi connectivity index (χ0v) is 15.4. The molecular weight excluding hydrogens is 387 g/mol. The molecule has 1 aliphatic rings. The molecular formula is C20H18F3N3O3. The third-order valence-corrected chi connectivity index (χ3v) is 4.41. The lowest BCUT2D eigenvalue weighted by Gasteiger charge is -2.32.